The third-order valence-electron chi connectivity index (χ3n) is 5.33. The van der Waals surface area contributed by atoms with Crippen LogP contribution in [0.5, 0.6) is 11.5 Å². The lowest BCUT2D eigenvalue weighted by Crippen LogP contribution is -2.47. The van der Waals surface area contributed by atoms with E-state index in [1.54, 1.807) is 17.9 Å². The molecular formula is C21H28N4O7S. The third kappa shape index (κ3) is 6.23. The summed E-state index contributed by atoms with van der Waals surface area (Å²) in [6.45, 7) is 2.65. The molecule has 180 valence electrons. The van der Waals surface area contributed by atoms with Crippen LogP contribution >= 0.6 is 0 Å². The van der Waals surface area contributed by atoms with E-state index in [2.05, 4.69) is 15.2 Å². The van der Waals surface area contributed by atoms with Crippen molar-refractivity contribution in [3.63, 3.8) is 0 Å². The number of carbonyl (C=O) groups is 2. The van der Waals surface area contributed by atoms with Gasteiger partial charge >= 0.3 is 0 Å². The van der Waals surface area contributed by atoms with E-state index in [1.807, 2.05) is 0 Å². The predicted molar refractivity (Wildman–Crippen MR) is 118 cm³/mol. The lowest BCUT2D eigenvalue weighted by Gasteiger charge is -2.32. The van der Waals surface area contributed by atoms with Crippen LogP contribution in [-0.2, 0) is 14.8 Å². The Morgan fingerprint density at radius 1 is 1.15 bits per heavy atom. The summed E-state index contributed by atoms with van der Waals surface area (Å²) in [5.74, 6) is 0.394. The van der Waals surface area contributed by atoms with Gasteiger partial charge in [0.05, 0.1) is 24.8 Å². The molecule has 2 amide bonds. The van der Waals surface area contributed by atoms with Crippen molar-refractivity contribution in [3.8, 4) is 11.5 Å². The Hall–Kier alpha value is -3.12. The van der Waals surface area contributed by atoms with Crippen molar-refractivity contribution >= 4 is 21.8 Å². The van der Waals surface area contributed by atoms with Crippen LogP contribution in [0.15, 0.2) is 33.7 Å². The van der Waals surface area contributed by atoms with E-state index >= 15 is 0 Å². The van der Waals surface area contributed by atoms with Gasteiger partial charge in [-0.3, -0.25) is 9.59 Å². The topological polar surface area (TPSA) is 140 Å². The molecule has 2 heterocycles. The molecule has 0 aliphatic carbocycles. The van der Waals surface area contributed by atoms with E-state index < -0.39 is 10.0 Å². The normalized spacial score (nSPS) is 14.7. The Labute approximate surface area is 192 Å². The number of ether oxygens (including phenoxy) is 2. The van der Waals surface area contributed by atoms with Crippen molar-refractivity contribution < 1.29 is 32.0 Å². The summed E-state index contributed by atoms with van der Waals surface area (Å²) in [4.78, 5) is 26.4. The van der Waals surface area contributed by atoms with Crippen LogP contribution in [0.2, 0.25) is 0 Å². The molecule has 1 saturated heterocycles. The molecule has 1 aliphatic heterocycles. The monoisotopic (exact) mass is 480 g/mol. The molecule has 0 unspecified atom stereocenters. The Balaban J connectivity index is 1.44. The highest BCUT2D eigenvalue weighted by Gasteiger charge is 2.25. The molecule has 11 nitrogen and oxygen atoms in total. The van der Waals surface area contributed by atoms with E-state index in [1.165, 1.54) is 32.4 Å². The number of rotatable bonds is 9. The largest absolute Gasteiger partial charge is 0.493 e. The van der Waals surface area contributed by atoms with Gasteiger partial charge in [-0.15, -0.1) is 0 Å². The lowest BCUT2D eigenvalue weighted by molar-refractivity contribution is -0.132. The second-order valence-corrected chi connectivity index (χ2v) is 9.39. The number of benzene rings is 1. The van der Waals surface area contributed by atoms with Crippen molar-refractivity contribution in [3.05, 3.63) is 35.7 Å². The van der Waals surface area contributed by atoms with Crippen LogP contribution in [0.1, 0.15) is 35.5 Å². The molecule has 1 aliphatic rings. The van der Waals surface area contributed by atoms with E-state index in [9.17, 15) is 18.0 Å². The van der Waals surface area contributed by atoms with Gasteiger partial charge in [0.15, 0.2) is 11.5 Å². The molecule has 3 rings (SSSR count). The molecule has 33 heavy (non-hydrogen) atoms. The second kappa shape index (κ2) is 10.7. The fourth-order valence-electron chi connectivity index (χ4n) is 3.52. The van der Waals surface area contributed by atoms with Gasteiger partial charge in [-0.1, -0.05) is 5.16 Å². The van der Waals surface area contributed by atoms with E-state index in [-0.39, 0.29) is 41.5 Å². The van der Waals surface area contributed by atoms with Gasteiger partial charge in [-0.2, -0.15) is 0 Å². The first-order valence-corrected chi connectivity index (χ1v) is 12.0. The number of aromatic nitrogens is 1. The fraction of sp³-hybridized carbons (Fsp3) is 0.476. The average molecular weight is 481 g/mol. The van der Waals surface area contributed by atoms with Gasteiger partial charge < -0.3 is 24.2 Å². The van der Waals surface area contributed by atoms with E-state index in [0.717, 1.165) is 0 Å². The van der Waals surface area contributed by atoms with Crippen molar-refractivity contribution in [2.24, 2.45) is 0 Å². The van der Waals surface area contributed by atoms with Crippen LogP contribution in [0.4, 0.5) is 0 Å². The summed E-state index contributed by atoms with van der Waals surface area (Å²) < 4.78 is 42.7. The highest BCUT2D eigenvalue weighted by atomic mass is 32.2. The molecule has 0 radical (unpaired) electrons. The minimum absolute atomic E-state index is 0.0195. The number of aryl methyl sites for hydroxylation is 1. The zero-order valence-electron chi connectivity index (χ0n) is 18.8. The van der Waals surface area contributed by atoms with Gasteiger partial charge in [-0.25, -0.2) is 13.1 Å². The average Bonchev–Trinajstić information content (AvgIpc) is 3.25. The molecule has 1 aromatic carbocycles. The van der Waals surface area contributed by atoms with Crippen LogP contribution in [0.3, 0.4) is 0 Å². The smallest absolute Gasteiger partial charge is 0.290 e. The summed E-state index contributed by atoms with van der Waals surface area (Å²) in [6.07, 6.45) is 1.23. The zero-order chi connectivity index (χ0) is 24.0. The molecular weight excluding hydrogens is 452 g/mol. The maximum absolute atomic E-state index is 12.5. The van der Waals surface area contributed by atoms with Crippen LogP contribution in [0.25, 0.3) is 0 Å². The van der Waals surface area contributed by atoms with Crippen molar-refractivity contribution in [2.75, 3.05) is 33.9 Å². The van der Waals surface area contributed by atoms with Crippen molar-refractivity contribution in [1.82, 2.24) is 20.1 Å². The SMILES string of the molecule is COc1ccc(S(=O)(=O)NCCC(=O)N2CCC(NC(=O)c3cc(C)no3)CC2)cc1OC. The Kier molecular flexibility index (Phi) is 7.92. The molecule has 0 atom stereocenters. The molecule has 12 heteroatoms. The predicted octanol–water partition coefficient (Wildman–Crippen LogP) is 1.09. The first kappa shape index (κ1) is 24.5. The number of nitrogens with one attached hydrogen (secondary N) is 2. The van der Waals surface area contributed by atoms with E-state index in [4.69, 9.17) is 14.0 Å². The fourth-order valence-corrected chi connectivity index (χ4v) is 4.56. The maximum Gasteiger partial charge on any atom is 0.290 e. The third-order valence-corrected chi connectivity index (χ3v) is 6.79. The van der Waals surface area contributed by atoms with Crippen molar-refractivity contribution in [1.29, 1.82) is 0 Å². The summed E-state index contributed by atoms with van der Waals surface area (Å²) in [5.41, 5.74) is 0.627. The van der Waals surface area contributed by atoms with Gasteiger partial charge in [0.2, 0.25) is 21.7 Å². The lowest BCUT2D eigenvalue weighted by atomic mass is 10.0. The number of amides is 2. The van der Waals surface area contributed by atoms with Gasteiger partial charge in [0, 0.05) is 44.2 Å². The quantitative estimate of drug-likeness (QED) is 0.544. The Morgan fingerprint density at radius 3 is 2.45 bits per heavy atom. The first-order valence-electron chi connectivity index (χ1n) is 10.5. The van der Waals surface area contributed by atoms with Gasteiger partial charge in [0.1, 0.15) is 0 Å². The summed E-state index contributed by atoms with van der Waals surface area (Å²) in [7, 11) is -0.926. The minimum atomic E-state index is -3.81. The summed E-state index contributed by atoms with van der Waals surface area (Å²) in [6, 6.07) is 5.77. The molecule has 1 fully saturated rings. The second-order valence-electron chi connectivity index (χ2n) is 7.63. The molecule has 0 bridgehead atoms. The van der Waals surface area contributed by atoms with Crippen LogP contribution < -0.4 is 19.5 Å². The number of nitrogens with zero attached hydrogens (tertiary/aromatic N) is 2. The summed E-state index contributed by atoms with van der Waals surface area (Å²) in [5, 5.41) is 6.58. The number of hydrogen-bond donors (Lipinski definition) is 2. The minimum Gasteiger partial charge on any atom is -0.493 e. The molecule has 2 aromatic rings. The standard InChI is InChI=1S/C21H28N4O7S/c1-14-12-19(32-24-14)21(27)23-15-7-10-25(11-8-15)20(26)6-9-22-33(28,29)16-4-5-17(30-2)18(13-16)31-3/h4-5,12-13,15,22H,6-11H2,1-3H3,(H,23,27). The number of likely N-dealkylation sites (tertiary alicyclic amines) is 1. The van der Waals surface area contributed by atoms with Crippen LogP contribution in [-0.4, -0.2) is 70.2 Å². The number of piperidine rings is 1. The number of methoxy groups -OCH3 is 2. The maximum atomic E-state index is 12.5. The highest BCUT2D eigenvalue weighted by molar-refractivity contribution is 7.89. The van der Waals surface area contributed by atoms with E-state index in [0.29, 0.717) is 43.1 Å². The van der Waals surface area contributed by atoms with Crippen LogP contribution in [0, 0.1) is 6.92 Å². The zero-order valence-corrected chi connectivity index (χ0v) is 19.6. The number of hydrogen-bond acceptors (Lipinski definition) is 8. The Morgan fingerprint density at radius 2 is 1.85 bits per heavy atom. The van der Waals surface area contributed by atoms with Gasteiger partial charge in [0.25, 0.3) is 5.91 Å². The Bertz CT molecular complexity index is 1090. The molecule has 2 N–H and O–H groups in total. The number of sulfonamides is 1. The number of carbonyl (C=O) groups excluding carboxylic acids is 2. The first-order chi connectivity index (χ1) is 15.7. The summed E-state index contributed by atoms with van der Waals surface area (Å²) >= 11 is 0. The molecule has 0 saturated carbocycles. The van der Waals surface area contributed by atoms with Gasteiger partial charge in [-0.05, 0) is 31.9 Å². The van der Waals surface area contributed by atoms with Crippen molar-refractivity contribution in [2.45, 2.75) is 37.1 Å². The molecule has 1 aromatic heterocycles. The molecule has 0 spiro atoms. The highest BCUT2D eigenvalue weighted by Crippen LogP contribution is 2.29.